The summed E-state index contributed by atoms with van der Waals surface area (Å²) in [5.74, 6) is 0.858. The van der Waals surface area contributed by atoms with Crippen LogP contribution in [0.5, 0.6) is 0 Å². The van der Waals surface area contributed by atoms with E-state index >= 15 is 0 Å². The van der Waals surface area contributed by atoms with Crippen LogP contribution in [0.25, 0.3) is 10.9 Å². The topological polar surface area (TPSA) is 72.5 Å². The molecular weight excluding hydrogens is 250 g/mol. The van der Waals surface area contributed by atoms with Crippen LogP contribution < -0.4 is 5.73 Å². The fourth-order valence-corrected chi connectivity index (χ4v) is 2.59. The Hall–Kier alpha value is -2.14. The largest absolute Gasteiger partial charge is 0.361 e. The van der Waals surface area contributed by atoms with Crippen LogP contribution in [-0.2, 0) is 13.0 Å². The quantitative estimate of drug-likeness (QED) is 0.747. The number of hydrogen-bond donors (Lipinski definition) is 2. The highest BCUT2D eigenvalue weighted by Gasteiger charge is 2.15. The summed E-state index contributed by atoms with van der Waals surface area (Å²) < 4.78 is 2.04. The highest BCUT2D eigenvalue weighted by atomic mass is 15.3. The van der Waals surface area contributed by atoms with Crippen molar-refractivity contribution in [2.45, 2.75) is 32.4 Å². The molecule has 0 saturated heterocycles. The van der Waals surface area contributed by atoms with Gasteiger partial charge in [-0.2, -0.15) is 0 Å². The van der Waals surface area contributed by atoms with Gasteiger partial charge in [-0.3, -0.25) is 0 Å². The second kappa shape index (κ2) is 5.46. The zero-order valence-corrected chi connectivity index (χ0v) is 11.6. The molecule has 2 aromatic heterocycles. The van der Waals surface area contributed by atoms with Crippen molar-refractivity contribution in [2.24, 2.45) is 5.73 Å². The van der Waals surface area contributed by atoms with Crippen LogP contribution in [0.1, 0.15) is 30.8 Å². The van der Waals surface area contributed by atoms with Crippen LogP contribution in [0.3, 0.4) is 0 Å². The number of nitrogens with one attached hydrogen (secondary N) is 1. The van der Waals surface area contributed by atoms with Crippen LogP contribution >= 0.6 is 0 Å². The highest BCUT2D eigenvalue weighted by molar-refractivity contribution is 5.83. The van der Waals surface area contributed by atoms with Gasteiger partial charge in [0, 0.05) is 23.6 Å². The molecule has 0 aliphatic rings. The van der Waals surface area contributed by atoms with Crippen molar-refractivity contribution in [2.75, 3.05) is 0 Å². The van der Waals surface area contributed by atoms with E-state index in [0.717, 1.165) is 30.7 Å². The second-order valence-electron chi connectivity index (χ2n) is 5.05. The SMILES string of the molecule is CCCn1cnnc1[C@@H](N)Cc1c[nH]c2ccccc12. The first-order chi connectivity index (χ1) is 9.79. The van der Waals surface area contributed by atoms with Crippen LogP contribution in [0.2, 0.25) is 0 Å². The Morgan fingerprint density at radius 2 is 2.20 bits per heavy atom. The van der Waals surface area contributed by atoms with Crippen molar-refractivity contribution in [1.82, 2.24) is 19.7 Å². The fraction of sp³-hybridized carbons (Fsp3) is 0.333. The van der Waals surface area contributed by atoms with Crippen LogP contribution in [0, 0.1) is 0 Å². The van der Waals surface area contributed by atoms with Gasteiger partial charge in [0.2, 0.25) is 0 Å². The van der Waals surface area contributed by atoms with Gasteiger partial charge in [-0.15, -0.1) is 10.2 Å². The maximum atomic E-state index is 6.32. The number of aryl methyl sites for hydroxylation is 1. The molecule has 0 saturated carbocycles. The first kappa shape index (κ1) is 12.9. The number of aromatic amines is 1. The number of aromatic nitrogens is 4. The number of H-pyrrole nitrogens is 1. The minimum Gasteiger partial charge on any atom is -0.361 e. The molecule has 3 N–H and O–H groups in total. The number of hydrogen-bond acceptors (Lipinski definition) is 3. The lowest BCUT2D eigenvalue weighted by atomic mass is 10.1. The summed E-state index contributed by atoms with van der Waals surface area (Å²) in [6.07, 6.45) is 5.59. The molecule has 0 unspecified atom stereocenters. The Labute approximate surface area is 117 Å². The van der Waals surface area contributed by atoms with E-state index in [2.05, 4.69) is 34.2 Å². The molecular formula is C15H19N5. The average Bonchev–Trinajstić information content (AvgIpc) is 3.07. The van der Waals surface area contributed by atoms with Crippen molar-refractivity contribution >= 4 is 10.9 Å². The maximum Gasteiger partial charge on any atom is 0.150 e. The van der Waals surface area contributed by atoms with E-state index in [1.165, 1.54) is 10.9 Å². The van der Waals surface area contributed by atoms with Crippen molar-refractivity contribution in [3.63, 3.8) is 0 Å². The Morgan fingerprint density at radius 1 is 1.35 bits per heavy atom. The molecule has 0 radical (unpaired) electrons. The smallest absolute Gasteiger partial charge is 0.150 e. The van der Waals surface area contributed by atoms with E-state index in [1.54, 1.807) is 6.33 Å². The molecule has 3 aromatic rings. The molecule has 1 atom stereocenters. The average molecular weight is 269 g/mol. The summed E-state index contributed by atoms with van der Waals surface area (Å²) in [7, 11) is 0. The molecule has 0 bridgehead atoms. The van der Waals surface area contributed by atoms with E-state index in [-0.39, 0.29) is 6.04 Å². The first-order valence-corrected chi connectivity index (χ1v) is 6.98. The van der Waals surface area contributed by atoms with Crippen molar-refractivity contribution < 1.29 is 0 Å². The van der Waals surface area contributed by atoms with Crippen LogP contribution in [-0.4, -0.2) is 19.7 Å². The summed E-state index contributed by atoms with van der Waals surface area (Å²) in [6, 6.07) is 8.13. The molecule has 5 nitrogen and oxygen atoms in total. The highest BCUT2D eigenvalue weighted by Crippen LogP contribution is 2.22. The standard InChI is InChI=1S/C15H19N5/c1-2-7-20-10-18-19-15(20)13(16)8-11-9-17-14-6-4-3-5-12(11)14/h3-6,9-10,13,17H,2,7-8,16H2,1H3/t13-/m0/s1. The normalized spacial score (nSPS) is 12.9. The maximum absolute atomic E-state index is 6.32. The van der Waals surface area contributed by atoms with Gasteiger partial charge in [0.25, 0.3) is 0 Å². The first-order valence-electron chi connectivity index (χ1n) is 6.98. The fourth-order valence-electron chi connectivity index (χ4n) is 2.59. The number of fused-ring (bicyclic) bond motifs is 1. The third-order valence-corrected chi connectivity index (χ3v) is 3.56. The van der Waals surface area contributed by atoms with E-state index in [0.29, 0.717) is 0 Å². The predicted molar refractivity (Wildman–Crippen MR) is 79.2 cm³/mol. The summed E-state index contributed by atoms with van der Waals surface area (Å²) in [5.41, 5.74) is 8.68. The zero-order valence-electron chi connectivity index (χ0n) is 11.6. The van der Waals surface area contributed by atoms with Gasteiger partial charge in [-0.1, -0.05) is 25.1 Å². The number of benzene rings is 1. The minimum absolute atomic E-state index is 0.136. The molecule has 0 amide bonds. The van der Waals surface area contributed by atoms with Gasteiger partial charge in [0.05, 0.1) is 6.04 Å². The third-order valence-electron chi connectivity index (χ3n) is 3.56. The minimum atomic E-state index is -0.136. The molecule has 1 aromatic carbocycles. The van der Waals surface area contributed by atoms with Gasteiger partial charge in [-0.25, -0.2) is 0 Å². The van der Waals surface area contributed by atoms with Crippen LogP contribution in [0.15, 0.2) is 36.8 Å². The van der Waals surface area contributed by atoms with Gasteiger partial charge in [0.15, 0.2) is 0 Å². The summed E-state index contributed by atoms with van der Waals surface area (Å²) in [4.78, 5) is 3.28. The Balaban J connectivity index is 1.85. The van der Waals surface area contributed by atoms with Crippen molar-refractivity contribution in [3.8, 4) is 0 Å². The van der Waals surface area contributed by atoms with E-state index in [1.807, 2.05) is 22.9 Å². The second-order valence-corrected chi connectivity index (χ2v) is 5.05. The van der Waals surface area contributed by atoms with E-state index < -0.39 is 0 Å². The van der Waals surface area contributed by atoms with Gasteiger partial charge >= 0.3 is 0 Å². The molecule has 0 aliphatic carbocycles. The number of rotatable bonds is 5. The van der Waals surface area contributed by atoms with E-state index in [4.69, 9.17) is 5.73 Å². The Morgan fingerprint density at radius 3 is 3.05 bits per heavy atom. The lowest BCUT2D eigenvalue weighted by Gasteiger charge is -2.12. The number of nitrogens with zero attached hydrogens (tertiary/aromatic N) is 3. The summed E-state index contributed by atoms with van der Waals surface area (Å²) >= 11 is 0. The lowest BCUT2D eigenvalue weighted by molar-refractivity contribution is 0.575. The van der Waals surface area contributed by atoms with E-state index in [9.17, 15) is 0 Å². The molecule has 20 heavy (non-hydrogen) atoms. The lowest BCUT2D eigenvalue weighted by Crippen LogP contribution is -2.19. The monoisotopic (exact) mass is 269 g/mol. The Kier molecular flexibility index (Phi) is 3.52. The van der Waals surface area contributed by atoms with Gasteiger partial charge in [-0.05, 0) is 24.5 Å². The number of para-hydroxylation sites is 1. The molecule has 104 valence electrons. The van der Waals surface area contributed by atoms with Gasteiger partial charge < -0.3 is 15.3 Å². The molecule has 0 spiro atoms. The van der Waals surface area contributed by atoms with Crippen LogP contribution in [0.4, 0.5) is 0 Å². The predicted octanol–water partition coefficient (Wildman–Crippen LogP) is 2.41. The summed E-state index contributed by atoms with van der Waals surface area (Å²) in [5, 5.41) is 9.38. The molecule has 5 heteroatoms. The Bertz CT molecular complexity index is 697. The number of nitrogens with two attached hydrogens (primary N) is 1. The van der Waals surface area contributed by atoms with Crippen molar-refractivity contribution in [3.05, 3.63) is 48.2 Å². The van der Waals surface area contributed by atoms with Crippen molar-refractivity contribution in [1.29, 1.82) is 0 Å². The van der Waals surface area contributed by atoms with Gasteiger partial charge in [0.1, 0.15) is 12.2 Å². The third kappa shape index (κ3) is 2.32. The molecule has 0 fully saturated rings. The molecule has 0 aliphatic heterocycles. The molecule has 3 rings (SSSR count). The summed E-state index contributed by atoms with van der Waals surface area (Å²) in [6.45, 7) is 3.04. The molecule has 2 heterocycles. The zero-order chi connectivity index (χ0) is 13.9.